The first kappa shape index (κ1) is 24.1. The van der Waals surface area contributed by atoms with Crippen LogP contribution in [0.3, 0.4) is 0 Å². The van der Waals surface area contributed by atoms with Gasteiger partial charge >= 0.3 is 0 Å². The first-order valence-electron chi connectivity index (χ1n) is 10.2. The van der Waals surface area contributed by atoms with E-state index in [1.165, 1.54) is 7.05 Å². The Balaban J connectivity index is 1.58. The molecule has 33 heavy (non-hydrogen) atoms. The van der Waals surface area contributed by atoms with E-state index in [0.717, 1.165) is 16.1 Å². The first-order chi connectivity index (χ1) is 15.7. The minimum atomic E-state index is -3.36. The second-order valence-corrected chi connectivity index (χ2v) is 9.21. The van der Waals surface area contributed by atoms with Gasteiger partial charge in [-0.15, -0.1) is 0 Å². The third-order valence-electron chi connectivity index (χ3n) is 4.85. The number of anilines is 1. The van der Waals surface area contributed by atoms with Gasteiger partial charge in [0.25, 0.3) is 5.91 Å². The van der Waals surface area contributed by atoms with Crippen molar-refractivity contribution in [2.45, 2.75) is 26.0 Å². The summed E-state index contributed by atoms with van der Waals surface area (Å²) in [7, 11) is -0.324. The van der Waals surface area contributed by atoms with Crippen LogP contribution in [0.2, 0.25) is 0 Å². The summed E-state index contributed by atoms with van der Waals surface area (Å²) in [5.41, 5.74) is 1.22. The number of aromatic nitrogens is 2. The van der Waals surface area contributed by atoms with E-state index in [1.807, 2.05) is 25.1 Å². The molecule has 11 heteroatoms. The number of rotatable bonds is 10. The van der Waals surface area contributed by atoms with E-state index in [-0.39, 0.29) is 18.3 Å². The Morgan fingerprint density at radius 1 is 1.18 bits per heavy atom. The Bertz CT molecular complexity index is 1190. The number of amides is 1. The van der Waals surface area contributed by atoms with Crippen LogP contribution >= 0.6 is 0 Å². The molecule has 3 aromatic rings. The maximum Gasteiger partial charge on any atom is 0.261 e. The van der Waals surface area contributed by atoms with Crippen molar-refractivity contribution in [3.05, 3.63) is 54.4 Å². The molecule has 0 bridgehead atoms. The van der Waals surface area contributed by atoms with Crippen molar-refractivity contribution in [3.63, 3.8) is 0 Å². The van der Waals surface area contributed by atoms with Crippen LogP contribution in [0.1, 0.15) is 19.2 Å². The average Bonchev–Trinajstić information content (AvgIpc) is 3.29. The zero-order valence-corrected chi connectivity index (χ0v) is 19.6. The number of benzene rings is 2. The largest absolute Gasteiger partial charge is 0.497 e. The quantitative estimate of drug-likeness (QED) is 0.476. The topological polar surface area (TPSA) is 124 Å². The lowest BCUT2D eigenvalue weighted by atomic mass is 10.2. The zero-order chi connectivity index (χ0) is 24.0. The summed E-state index contributed by atoms with van der Waals surface area (Å²) in [6, 6.07) is 13.7. The summed E-state index contributed by atoms with van der Waals surface area (Å²) in [5.74, 6) is 1.42. The summed E-state index contributed by atoms with van der Waals surface area (Å²) >= 11 is 0. The summed E-state index contributed by atoms with van der Waals surface area (Å²) in [6.07, 6.45) is 0.803. The summed E-state index contributed by atoms with van der Waals surface area (Å²) in [6.45, 7) is 1.87. The molecule has 0 radical (unpaired) electrons. The Hall–Kier alpha value is -3.60. The fourth-order valence-electron chi connectivity index (χ4n) is 2.90. The molecule has 0 spiro atoms. The number of hydrogen-bond acceptors (Lipinski definition) is 8. The van der Waals surface area contributed by atoms with E-state index in [0.29, 0.717) is 29.4 Å². The SMILES string of the molecule is CCC(Oc1ccc(N(C)S(C)(=O)=O)cc1)C(=O)NCc1nc(-c2cccc(OC)c2)no1. The molecule has 3 rings (SSSR count). The monoisotopic (exact) mass is 474 g/mol. The predicted molar refractivity (Wildman–Crippen MR) is 123 cm³/mol. The highest BCUT2D eigenvalue weighted by Crippen LogP contribution is 2.22. The third-order valence-corrected chi connectivity index (χ3v) is 6.05. The maximum atomic E-state index is 12.6. The number of hydrogen-bond donors (Lipinski definition) is 1. The lowest BCUT2D eigenvalue weighted by Crippen LogP contribution is -2.37. The molecule has 0 saturated carbocycles. The highest BCUT2D eigenvalue weighted by molar-refractivity contribution is 7.92. The molecule has 1 aromatic heterocycles. The molecule has 1 heterocycles. The van der Waals surface area contributed by atoms with Crippen LogP contribution in [-0.4, -0.2) is 51.0 Å². The third kappa shape index (κ3) is 6.22. The molecule has 176 valence electrons. The van der Waals surface area contributed by atoms with E-state index in [9.17, 15) is 13.2 Å². The fourth-order valence-corrected chi connectivity index (χ4v) is 3.40. The Morgan fingerprint density at radius 2 is 1.91 bits per heavy atom. The van der Waals surface area contributed by atoms with Crippen LogP contribution in [0.5, 0.6) is 11.5 Å². The van der Waals surface area contributed by atoms with E-state index >= 15 is 0 Å². The van der Waals surface area contributed by atoms with Gasteiger partial charge in [0.15, 0.2) is 6.10 Å². The van der Waals surface area contributed by atoms with Crippen molar-refractivity contribution in [2.24, 2.45) is 0 Å². The average molecular weight is 475 g/mol. The Labute approximate surface area is 192 Å². The van der Waals surface area contributed by atoms with Crippen molar-refractivity contribution in [3.8, 4) is 22.9 Å². The van der Waals surface area contributed by atoms with Crippen LogP contribution in [0.25, 0.3) is 11.4 Å². The standard InChI is InChI=1S/C22H26N4O6S/c1-5-19(31-17-11-9-16(10-12-17)26(2)33(4,28)29)22(27)23-14-20-24-21(25-32-20)15-7-6-8-18(13-15)30-3/h6-13,19H,5,14H2,1-4H3,(H,23,27). The number of carbonyl (C=O) groups excluding carboxylic acids is 1. The van der Waals surface area contributed by atoms with Crippen molar-refractivity contribution in [1.29, 1.82) is 0 Å². The van der Waals surface area contributed by atoms with Gasteiger partial charge in [-0.3, -0.25) is 9.10 Å². The van der Waals surface area contributed by atoms with Gasteiger partial charge in [-0.25, -0.2) is 8.42 Å². The molecule has 0 aliphatic carbocycles. The van der Waals surface area contributed by atoms with Crippen molar-refractivity contribution in [2.75, 3.05) is 24.7 Å². The lowest BCUT2D eigenvalue weighted by molar-refractivity contribution is -0.128. The summed E-state index contributed by atoms with van der Waals surface area (Å²) in [5, 5.41) is 6.68. The summed E-state index contributed by atoms with van der Waals surface area (Å²) in [4.78, 5) is 16.9. The number of nitrogens with zero attached hydrogens (tertiary/aromatic N) is 3. The molecular weight excluding hydrogens is 448 g/mol. The van der Waals surface area contributed by atoms with Crippen molar-refractivity contribution in [1.82, 2.24) is 15.5 Å². The summed E-state index contributed by atoms with van der Waals surface area (Å²) < 4.78 is 40.7. The van der Waals surface area contributed by atoms with Gasteiger partial charge in [0.05, 0.1) is 25.6 Å². The smallest absolute Gasteiger partial charge is 0.261 e. The molecule has 10 nitrogen and oxygen atoms in total. The van der Waals surface area contributed by atoms with Crippen LogP contribution in [0.4, 0.5) is 5.69 Å². The highest BCUT2D eigenvalue weighted by Gasteiger charge is 2.20. The fraction of sp³-hybridized carbons (Fsp3) is 0.318. The van der Waals surface area contributed by atoms with Gasteiger partial charge < -0.3 is 19.3 Å². The Kier molecular flexibility index (Phi) is 7.54. The minimum absolute atomic E-state index is 0.0494. The van der Waals surface area contributed by atoms with Gasteiger partial charge in [-0.05, 0) is 42.8 Å². The molecule has 0 aliphatic heterocycles. The second kappa shape index (κ2) is 10.3. The molecule has 0 aliphatic rings. The van der Waals surface area contributed by atoms with Gasteiger partial charge in [-0.1, -0.05) is 24.2 Å². The molecule has 1 N–H and O–H groups in total. The molecule has 0 fully saturated rings. The number of nitrogens with one attached hydrogen (secondary N) is 1. The van der Waals surface area contributed by atoms with E-state index < -0.39 is 16.1 Å². The van der Waals surface area contributed by atoms with Crippen LogP contribution in [0, 0.1) is 0 Å². The zero-order valence-electron chi connectivity index (χ0n) is 18.8. The normalized spacial score (nSPS) is 12.1. The van der Waals surface area contributed by atoms with Crippen LogP contribution in [0.15, 0.2) is 53.1 Å². The van der Waals surface area contributed by atoms with Crippen LogP contribution in [-0.2, 0) is 21.4 Å². The first-order valence-corrected chi connectivity index (χ1v) is 12.0. The predicted octanol–water partition coefficient (Wildman–Crippen LogP) is 2.61. The number of sulfonamides is 1. The minimum Gasteiger partial charge on any atom is -0.497 e. The Morgan fingerprint density at radius 3 is 2.55 bits per heavy atom. The van der Waals surface area contributed by atoms with E-state index in [1.54, 1.807) is 37.4 Å². The lowest BCUT2D eigenvalue weighted by Gasteiger charge is -2.19. The van der Waals surface area contributed by atoms with Gasteiger partial charge in [0.1, 0.15) is 11.5 Å². The van der Waals surface area contributed by atoms with Crippen LogP contribution < -0.4 is 19.1 Å². The number of ether oxygens (including phenoxy) is 2. The van der Waals surface area contributed by atoms with Gasteiger partial charge in [0, 0.05) is 12.6 Å². The number of carbonyl (C=O) groups is 1. The van der Waals surface area contributed by atoms with Crippen molar-refractivity contribution >= 4 is 21.6 Å². The number of methoxy groups -OCH3 is 1. The second-order valence-electron chi connectivity index (χ2n) is 7.20. The molecule has 0 saturated heterocycles. The molecule has 2 aromatic carbocycles. The molecule has 1 unspecified atom stereocenters. The van der Waals surface area contributed by atoms with E-state index in [2.05, 4.69) is 15.5 Å². The molecule has 1 atom stereocenters. The van der Waals surface area contributed by atoms with E-state index in [4.69, 9.17) is 14.0 Å². The van der Waals surface area contributed by atoms with Crippen molar-refractivity contribution < 1.29 is 27.2 Å². The highest BCUT2D eigenvalue weighted by atomic mass is 32.2. The molecular formula is C22H26N4O6S. The molecule has 1 amide bonds. The maximum absolute atomic E-state index is 12.6. The van der Waals surface area contributed by atoms with Gasteiger partial charge in [-0.2, -0.15) is 4.98 Å². The van der Waals surface area contributed by atoms with Gasteiger partial charge in [0.2, 0.25) is 21.7 Å².